The molecule has 0 saturated heterocycles. The number of aliphatic hydroxyl groups is 1. The first-order chi connectivity index (χ1) is 19.2. The van der Waals surface area contributed by atoms with E-state index in [1.807, 2.05) is 6.07 Å². The molecule has 2 aromatic carbocycles. The number of nitrogens with one attached hydrogen (secondary N) is 1. The molecule has 0 aliphatic rings. The van der Waals surface area contributed by atoms with E-state index in [4.69, 9.17) is 4.74 Å². The highest BCUT2D eigenvalue weighted by Crippen LogP contribution is 2.42. The van der Waals surface area contributed by atoms with E-state index in [0.29, 0.717) is 0 Å². The number of esters is 1. The number of ether oxygens (including phenoxy) is 1. The maximum absolute atomic E-state index is 15.5. The third-order valence-electron chi connectivity index (χ3n) is 6.35. The standard InChI is InChI=1S/C27H26F2N6O5/c1-17(25-21(29)11-30-14-33-25)27(39,13-35-16-31-15-34-35)19-9-24(37)22(10-20(19)28)32-8-7-23(36)26(38)40-12-18-5-3-2-4-6-18/h2-6,9-11,14-17,32,37,39H,7-8,12-13H2,1H3/t17-,27?/m0/s1. The van der Waals surface area contributed by atoms with Gasteiger partial charge in [-0.3, -0.25) is 4.79 Å². The Hall–Kier alpha value is -4.78. The number of ketones is 1. The SMILES string of the molecule is C[C@@H](c1ncncc1F)C(O)(Cn1cncn1)c1cc(O)c(NCCC(=O)C(=O)OCc2ccccc2)cc1F. The van der Waals surface area contributed by atoms with E-state index in [2.05, 4.69) is 25.4 Å². The van der Waals surface area contributed by atoms with Gasteiger partial charge in [0.05, 0.1) is 24.1 Å². The van der Waals surface area contributed by atoms with Crippen molar-refractivity contribution in [2.45, 2.75) is 38.0 Å². The topological polar surface area (TPSA) is 152 Å². The fourth-order valence-corrected chi connectivity index (χ4v) is 4.14. The molecular formula is C27H26F2N6O5. The Bertz CT molecular complexity index is 1470. The molecule has 40 heavy (non-hydrogen) atoms. The van der Waals surface area contributed by atoms with Gasteiger partial charge in [-0.25, -0.2) is 33.2 Å². The molecule has 0 radical (unpaired) electrons. The molecule has 208 valence electrons. The number of phenolic OH excluding ortho intramolecular Hbond substituents is 1. The Morgan fingerprint density at radius 2 is 1.90 bits per heavy atom. The van der Waals surface area contributed by atoms with E-state index < -0.39 is 40.7 Å². The molecule has 3 N–H and O–H groups in total. The number of aromatic hydroxyl groups is 1. The van der Waals surface area contributed by atoms with E-state index in [0.717, 1.165) is 30.2 Å². The lowest BCUT2D eigenvalue weighted by atomic mass is 9.79. The average Bonchev–Trinajstić information content (AvgIpc) is 3.46. The summed E-state index contributed by atoms with van der Waals surface area (Å²) >= 11 is 0. The van der Waals surface area contributed by atoms with Crippen molar-refractivity contribution in [3.63, 3.8) is 0 Å². The molecule has 0 saturated carbocycles. The van der Waals surface area contributed by atoms with Gasteiger partial charge in [0, 0.05) is 30.5 Å². The number of aromatic nitrogens is 5. The fraction of sp³-hybridized carbons (Fsp3) is 0.259. The van der Waals surface area contributed by atoms with Crippen LogP contribution in [-0.4, -0.2) is 53.2 Å². The smallest absolute Gasteiger partial charge is 0.374 e. The largest absolute Gasteiger partial charge is 0.506 e. The molecule has 2 heterocycles. The highest BCUT2D eigenvalue weighted by atomic mass is 19.1. The molecule has 4 rings (SSSR count). The summed E-state index contributed by atoms with van der Waals surface area (Å²) in [6.45, 7) is 0.937. The van der Waals surface area contributed by atoms with Gasteiger partial charge < -0.3 is 20.3 Å². The van der Waals surface area contributed by atoms with Crippen LogP contribution in [0.3, 0.4) is 0 Å². The average molecular weight is 553 g/mol. The minimum absolute atomic E-state index is 0.0544. The monoisotopic (exact) mass is 552 g/mol. The van der Waals surface area contributed by atoms with E-state index >= 15 is 4.39 Å². The van der Waals surface area contributed by atoms with E-state index in [-0.39, 0.29) is 43.1 Å². The number of phenols is 1. The number of hydrogen-bond donors (Lipinski definition) is 3. The van der Waals surface area contributed by atoms with Crippen LogP contribution >= 0.6 is 0 Å². The van der Waals surface area contributed by atoms with Crippen LogP contribution in [0.25, 0.3) is 0 Å². The normalized spacial score (nSPS) is 13.3. The Labute approximate surface area is 227 Å². The summed E-state index contributed by atoms with van der Waals surface area (Å²) in [4.78, 5) is 35.5. The van der Waals surface area contributed by atoms with Crippen molar-refractivity contribution in [3.8, 4) is 5.75 Å². The first kappa shape index (κ1) is 28.2. The molecule has 0 fully saturated rings. The number of carbonyl (C=O) groups excluding carboxylic acids is 2. The summed E-state index contributed by atoms with van der Waals surface area (Å²) < 4.78 is 36.2. The van der Waals surface area contributed by atoms with Gasteiger partial charge >= 0.3 is 5.97 Å². The second kappa shape index (κ2) is 12.4. The van der Waals surface area contributed by atoms with E-state index in [1.165, 1.54) is 24.3 Å². The highest BCUT2D eigenvalue weighted by molar-refractivity contribution is 6.33. The Kier molecular flexibility index (Phi) is 8.74. The van der Waals surface area contributed by atoms with Gasteiger partial charge in [0.15, 0.2) is 5.82 Å². The number of Topliss-reactive ketones (excluding diaryl/α,β-unsaturated/α-hetero) is 1. The number of carbonyl (C=O) groups is 2. The van der Waals surface area contributed by atoms with Gasteiger partial charge in [0.1, 0.15) is 42.8 Å². The summed E-state index contributed by atoms with van der Waals surface area (Å²) in [5.74, 6) is -5.13. The van der Waals surface area contributed by atoms with Gasteiger partial charge in [-0.05, 0) is 11.6 Å². The number of halogens is 2. The van der Waals surface area contributed by atoms with Crippen LogP contribution in [0.4, 0.5) is 14.5 Å². The lowest BCUT2D eigenvalue weighted by Gasteiger charge is -2.34. The Morgan fingerprint density at radius 1 is 1.12 bits per heavy atom. The van der Waals surface area contributed by atoms with Crippen LogP contribution in [0.5, 0.6) is 5.75 Å². The number of benzene rings is 2. The highest BCUT2D eigenvalue weighted by Gasteiger charge is 2.42. The molecule has 0 aliphatic carbocycles. The first-order valence-corrected chi connectivity index (χ1v) is 12.2. The van der Waals surface area contributed by atoms with Crippen LogP contribution in [0.1, 0.15) is 36.1 Å². The van der Waals surface area contributed by atoms with Crippen molar-refractivity contribution in [2.75, 3.05) is 11.9 Å². The third kappa shape index (κ3) is 6.43. The summed E-state index contributed by atoms with van der Waals surface area (Å²) in [7, 11) is 0. The number of nitrogens with zero attached hydrogens (tertiary/aromatic N) is 5. The van der Waals surface area contributed by atoms with Crippen LogP contribution in [0, 0.1) is 11.6 Å². The molecular weight excluding hydrogens is 526 g/mol. The van der Waals surface area contributed by atoms with Crippen molar-refractivity contribution in [1.29, 1.82) is 0 Å². The summed E-state index contributed by atoms with van der Waals surface area (Å²) in [6.07, 6.45) is 4.26. The lowest BCUT2D eigenvalue weighted by molar-refractivity contribution is -0.154. The van der Waals surface area contributed by atoms with Crippen molar-refractivity contribution in [2.24, 2.45) is 0 Å². The molecule has 2 aromatic heterocycles. The van der Waals surface area contributed by atoms with E-state index in [1.54, 1.807) is 24.3 Å². The van der Waals surface area contributed by atoms with Gasteiger partial charge in [-0.15, -0.1) is 0 Å². The molecule has 0 aliphatic heterocycles. The van der Waals surface area contributed by atoms with Gasteiger partial charge in [-0.2, -0.15) is 5.10 Å². The van der Waals surface area contributed by atoms with Crippen molar-refractivity contribution >= 4 is 17.4 Å². The molecule has 0 bridgehead atoms. The zero-order chi connectivity index (χ0) is 28.7. The second-order valence-corrected chi connectivity index (χ2v) is 9.01. The maximum Gasteiger partial charge on any atom is 0.374 e. The van der Waals surface area contributed by atoms with Crippen LogP contribution < -0.4 is 5.32 Å². The summed E-state index contributed by atoms with van der Waals surface area (Å²) in [5, 5.41) is 29.0. The molecule has 1 unspecified atom stereocenters. The van der Waals surface area contributed by atoms with Crippen molar-refractivity contribution < 1.29 is 33.3 Å². The minimum Gasteiger partial charge on any atom is -0.506 e. The summed E-state index contributed by atoms with van der Waals surface area (Å²) in [6, 6.07) is 10.8. The van der Waals surface area contributed by atoms with Gasteiger partial charge in [0.25, 0.3) is 0 Å². The number of rotatable bonds is 12. The minimum atomic E-state index is -2.14. The predicted octanol–water partition coefficient (Wildman–Crippen LogP) is 2.86. The van der Waals surface area contributed by atoms with Crippen molar-refractivity contribution in [1.82, 2.24) is 24.7 Å². The Morgan fingerprint density at radius 3 is 2.60 bits per heavy atom. The quantitative estimate of drug-likeness (QED) is 0.136. The predicted molar refractivity (Wildman–Crippen MR) is 137 cm³/mol. The first-order valence-electron chi connectivity index (χ1n) is 12.2. The molecule has 2 atom stereocenters. The summed E-state index contributed by atoms with van der Waals surface area (Å²) in [5.41, 5.74) is -2.02. The third-order valence-corrected chi connectivity index (χ3v) is 6.35. The zero-order valence-electron chi connectivity index (χ0n) is 21.4. The fourth-order valence-electron chi connectivity index (χ4n) is 4.14. The van der Waals surface area contributed by atoms with Crippen LogP contribution in [0.2, 0.25) is 0 Å². The molecule has 13 heteroatoms. The number of anilines is 1. The Balaban J connectivity index is 1.48. The van der Waals surface area contributed by atoms with Gasteiger partial charge in [-0.1, -0.05) is 37.3 Å². The number of hydrogen-bond acceptors (Lipinski definition) is 10. The molecule has 11 nitrogen and oxygen atoms in total. The second-order valence-electron chi connectivity index (χ2n) is 9.01. The zero-order valence-corrected chi connectivity index (χ0v) is 21.4. The molecule has 4 aromatic rings. The van der Waals surface area contributed by atoms with Crippen LogP contribution in [-0.2, 0) is 33.1 Å². The van der Waals surface area contributed by atoms with Crippen LogP contribution in [0.15, 0.2) is 67.6 Å². The van der Waals surface area contributed by atoms with Crippen molar-refractivity contribution in [3.05, 3.63) is 96.1 Å². The van der Waals surface area contributed by atoms with E-state index in [9.17, 15) is 24.2 Å². The van der Waals surface area contributed by atoms with Gasteiger partial charge in [0.2, 0.25) is 5.78 Å². The maximum atomic E-state index is 15.5. The molecule has 0 spiro atoms. The molecule has 0 amide bonds. The lowest BCUT2D eigenvalue weighted by Crippen LogP contribution is -2.39.